The summed E-state index contributed by atoms with van der Waals surface area (Å²) < 4.78 is 0. The van der Waals surface area contributed by atoms with Gasteiger partial charge in [0.05, 0.1) is 26.1 Å². The molecule has 0 radical (unpaired) electrons. The summed E-state index contributed by atoms with van der Waals surface area (Å²) in [5.41, 5.74) is 6.72. The zero-order valence-corrected chi connectivity index (χ0v) is 50.5. The number of nitrogens with two attached hydrogens (primary N) is 1. The molecular weight excluding hydrogens is 1130 g/mol. The molecule has 1 saturated heterocycles. The topological polar surface area (TPSA) is 395 Å². The molecule has 27 nitrogen and oxygen atoms in total. The number of hydrogen-bond donors (Lipinski definition) is 12. The van der Waals surface area contributed by atoms with E-state index in [1.165, 1.54) is 34.9 Å². The second kappa shape index (κ2) is 34.0. The zero-order valence-electron chi connectivity index (χ0n) is 50.5. The Labute approximate surface area is 505 Å². The Morgan fingerprint density at radius 2 is 1.15 bits per heavy atom. The first-order chi connectivity index (χ1) is 41.1. The fourth-order valence-electron chi connectivity index (χ4n) is 9.48. The molecule has 4 rings (SSSR count). The van der Waals surface area contributed by atoms with Crippen LogP contribution in [0.4, 0.5) is 0 Å². The molecular formula is C60H83N13O14. The van der Waals surface area contributed by atoms with Crippen LogP contribution in [0, 0.1) is 11.8 Å². The summed E-state index contributed by atoms with van der Waals surface area (Å²) in [5.74, 6) is -13.0. The number of aliphatic hydroxyl groups excluding tert-OH is 1. The lowest BCUT2D eigenvalue weighted by Crippen LogP contribution is -2.63. The van der Waals surface area contributed by atoms with Gasteiger partial charge >= 0.3 is 0 Å². The predicted molar refractivity (Wildman–Crippen MR) is 317 cm³/mol. The van der Waals surface area contributed by atoms with Crippen LogP contribution in [-0.2, 0) is 81.6 Å². The maximum Gasteiger partial charge on any atom is 0.245 e. The summed E-state index contributed by atoms with van der Waals surface area (Å²) in [6.45, 7) is 8.27. The zero-order chi connectivity index (χ0) is 64.7. The number of carbonyl (C=O) groups excluding carboxylic acids is 13. The predicted octanol–water partition coefficient (Wildman–Crippen LogP) is -2.88. The minimum atomic E-state index is -1.82. The fraction of sp³-hybridized carbons (Fsp3) is 0.483. The van der Waals surface area contributed by atoms with Gasteiger partial charge in [0.2, 0.25) is 76.8 Å². The van der Waals surface area contributed by atoms with Gasteiger partial charge in [0.25, 0.3) is 0 Å². The summed E-state index contributed by atoms with van der Waals surface area (Å²) >= 11 is 0. The van der Waals surface area contributed by atoms with Gasteiger partial charge in [0, 0.05) is 33.4 Å². The molecule has 27 heteroatoms. The van der Waals surface area contributed by atoms with Crippen molar-refractivity contribution in [2.75, 3.05) is 33.8 Å². The summed E-state index contributed by atoms with van der Waals surface area (Å²) in [6.07, 6.45) is -1.59. The van der Waals surface area contributed by atoms with E-state index in [1.54, 1.807) is 119 Å². The number of hydrogen-bond acceptors (Lipinski definition) is 14. The van der Waals surface area contributed by atoms with E-state index < -0.39 is 169 Å². The Morgan fingerprint density at radius 3 is 1.67 bits per heavy atom. The average Bonchev–Trinajstić information content (AvgIpc) is 2.54. The number of aliphatic hydroxyl groups is 1. The minimum absolute atomic E-state index is 0.0901. The molecule has 3 aromatic rings. The molecule has 1 aliphatic heterocycles. The lowest BCUT2D eigenvalue weighted by molar-refractivity contribution is -0.150. The number of carbonyl (C=O) groups is 13. The van der Waals surface area contributed by atoms with Crippen LogP contribution in [0.2, 0.25) is 0 Å². The first-order valence-electron chi connectivity index (χ1n) is 28.6. The molecule has 8 unspecified atom stereocenters. The van der Waals surface area contributed by atoms with Crippen molar-refractivity contribution < 1.29 is 67.4 Å². The second-order valence-corrected chi connectivity index (χ2v) is 22.1. The standard InChI is InChI=1S/C60H83N13O14/c1-33(2)25-41-55(82)65-35(5)51(78)71-50(34(3)4)59(86)69-42(26-38-19-13-10-14-20-38)56(83)68-43(53(80)62-8)29-49(77)73(37(7)52(79)70-44(32-74)54(81)63-30-47(61)75)46(28-40-23-17-12-18-24-40)58(85)66-36(6)60(87)72(9)45(27-39-21-15-11-16-22-39)57(84)64-31-48(76)67-41/h10-24,33-37,41-46,50,74H,25-32H2,1-9H3,(H2,61,75)(H,62,80)(H,63,81)(H,64,84)(H,65,82)(H,66,85)(H,67,76)(H,68,83)(H,69,86)(H,70,79)(H,71,78)/t35?,36?,37-,41?,42?,43?,44-,45?,46?,50?/m0/s1. The molecule has 472 valence electrons. The normalized spacial score (nSPS) is 22.8. The molecule has 0 spiro atoms. The van der Waals surface area contributed by atoms with Gasteiger partial charge in [-0.1, -0.05) is 119 Å². The van der Waals surface area contributed by atoms with Crippen molar-refractivity contribution in [3.63, 3.8) is 0 Å². The van der Waals surface area contributed by atoms with E-state index in [0.717, 1.165) is 9.80 Å². The molecule has 0 aromatic heterocycles. The smallest absolute Gasteiger partial charge is 0.245 e. The third-order valence-electron chi connectivity index (χ3n) is 14.3. The molecule has 0 saturated carbocycles. The largest absolute Gasteiger partial charge is 0.394 e. The van der Waals surface area contributed by atoms with Gasteiger partial charge in [-0.2, -0.15) is 0 Å². The van der Waals surface area contributed by atoms with Crippen molar-refractivity contribution in [2.24, 2.45) is 17.6 Å². The maximum atomic E-state index is 15.3. The molecule has 1 heterocycles. The van der Waals surface area contributed by atoms with Gasteiger partial charge in [-0.25, -0.2) is 0 Å². The number of amides is 13. The number of primary amides is 1. The van der Waals surface area contributed by atoms with Gasteiger partial charge in [0.1, 0.15) is 60.4 Å². The van der Waals surface area contributed by atoms with Crippen LogP contribution in [0.25, 0.3) is 0 Å². The Balaban J connectivity index is 1.94. The highest BCUT2D eigenvalue weighted by molar-refractivity contribution is 6.01. The Hall–Kier alpha value is -9.27. The highest BCUT2D eigenvalue weighted by Gasteiger charge is 2.42. The molecule has 1 aliphatic rings. The van der Waals surface area contributed by atoms with E-state index in [4.69, 9.17) is 5.73 Å². The molecule has 0 aliphatic carbocycles. The molecule has 10 atom stereocenters. The summed E-state index contributed by atoms with van der Waals surface area (Å²) in [4.78, 5) is 185. The van der Waals surface area contributed by atoms with Crippen molar-refractivity contribution in [3.8, 4) is 0 Å². The number of nitrogens with zero attached hydrogens (tertiary/aromatic N) is 2. The van der Waals surface area contributed by atoms with Crippen LogP contribution in [0.5, 0.6) is 0 Å². The minimum Gasteiger partial charge on any atom is -0.394 e. The summed E-state index contributed by atoms with van der Waals surface area (Å²) in [6, 6.07) is 9.65. The lowest BCUT2D eigenvalue weighted by Gasteiger charge is -2.37. The van der Waals surface area contributed by atoms with Gasteiger partial charge in [-0.15, -0.1) is 0 Å². The highest BCUT2D eigenvalue weighted by atomic mass is 16.3. The molecule has 13 N–H and O–H groups in total. The Kier molecular flexibility index (Phi) is 27.5. The van der Waals surface area contributed by atoms with Crippen LogP contribution in [-0.4, -0.2) is 186 Å². The number of rotatable bonds is 17. The van der Waals surface area contributed by atoms with Crippen LogP contribution >= 0.6 is 0 Å². The van der Waals surface area contributed by atoms with E-state index in [2.05, 4.69) is 53.2 Å². The third kappa shape index (κ3) is 21.6. The first-order valence-corrected chi connectivity index (χ1v) is 28.6. The van der Waals surface area contributed by atoms with Crippen molar-refractivity contribution in [1.82, 2.24) is 63.0 Å². The number of nitrogens with one attached hydrogen (secondary N) is 10. The van der Waals surface area contributed by atoms with Gasteiger partial charge in [0.15, 0.2) is 0 Å². The fourth-order valence-corrected chi connectivity index (χ4v) is 9.48. The van der Waals surface area contributed by atoms with Crippen molar-refractivity contribution >= 4 is 76.8 Å². The third-order valence-corrected chi connectivity index (χ3v) is 14.3. The van der Waals surface area contributed by atoms with E-state index in [0.29, 0.717) is 16.7 Å². The summed E-state index contributed by atoms with van der Waals surface area (Å²) in [7, 11) is 2.51. The van der Waals surface area contributed by atoms with Crippen LogP contribution < -0.4 is 58.9 Å². The van der Waals surface area contributed by atoms with Crippen molar-refractivity contribution in [2.45, 2.75) is 141 Å². The number of likely N-dealkylation sites (N-methyl/N-ethyl adjacent to an activating group) is 2. The van der Waals surface area contributed by atoms with E-state index in [-0.39, 0.29) is 31.6 Å². The van der Waals surface area contributed by atoms with Crippen molar-refractivity contribution in [1.29, 1.82) is 0 Å². The summed E-state index contributed by atoms with van der Waals surface area (Å²) in [5, 5.41) is 35.4. The Bertz CT molecular complexity index is 2920. The highest BCUT2D eigenvalue weighted by Crippen LogP contribution is 2.19. The van der Waals surface area contributed by atoms with Crippen LogP contribution in [0.3, 0.4) is 0 Å². The van der Waals surface area contributed by atoms with Crippen LogP contribution in [0.1, 0.15) is 78.0 Å². The van der Waals surface area contributed by atoms with Gasteiger partial charge in [-0.05, 0) is 55.7 Å². The number of benzene rings is 3. The second-order valence-electron chi connectivity index (χ2n) is 22.1. The Morgan fingerprint density at radius 1 is 0.621 bits per heavy atom. The monoisotopic (exact) mass is 1210 g/mol. The van der Waals surface area contributed by atoms with E-state index in [9.17, 15) is 57.8 Å². The molecule has 1 fully saturated rings. The lowest BCUT2D eigenvalue weighted by atomic mass is 9.99. The average molecular weight is 1210 g/mol. The van der Waals surface area contributed by atoms with E-state index in [1.807, 2.05) is 0 Å². The van der Waals surface area contributed by atoms with Gasteiger partial charge < -0.3 is 73.8 Å². The van der Waals surface area contributed by atoms with Gasteiger partial charge in [-0.3, -0.25) is 62.3 Å². The maximum absolute atomic E-state index is 15.3. The van der Waals surface area contributed by atoms with Crippen LogP contribution in [0.15, 0.2) is 91.0 Å². The SMILES string of the molecule is CNC(=O)C1CC(=O)N([C@@H](C)C(=O)N[C@@H](CO)C(=O)NCC(N)=O)C(Cc2ccccc2)C(=O)NC(C)C(=O)N(C)C(Cc2ccccc2)C(=O)NCC(=O)NC(CC(C)C)C(=O)NC(C)C(=O)NC(C(C)C)C(=O)NC(Cc2ccccc2)C(=O)N1. The molecule has 0 bridgehead atoms. The molecule has 87 heavy (non-hydrogen) atoms. The quantitative estimate of drug-likeness (QED) is 0.0647. The molecule has 3 aromatic carbocycles. The first kappa shape index (κ1) is 70.2. The molecule has 13 amide bonds. The van der Waals surface area contributed by atoms with Crippen molar-refractivity contribution in [3.05, 3.63) is 108 Å². The van der Waals surface area contributed by atoms with E-state index >= 15 is 9.59 Å².